The fourth-order valence-corrected chi connectivity index (χ4v) is 1.82. The second-order valence-corrected chi connectivity index (χ2v) is 4.47. The smallest absolute Gasteiger partial charge is 0.231 e. The molecule has 110 valence electrons. The van der Waals surface area contributed by atoms with Crippen LogP contribution >= 0.6 is 0 Å². The molecular weight excluding hydrogens is 258 g/mol. The van der Waals surface area contributed by atoms with Gasteiger partial charge in [-0.05, 0) is 19.4 Å². The van der Waals surface area contributed by atoms with E-state index in [1.165, 1.54) is 0 Å². The molecule has 8 nitrogen and oxygen atoms in total. The van der Waals surface area contributed by atoms with Gasteiger partial charge in [0.1, 0.15) is 25.8 Å². The SMILES string of the molecule is [2H]N1CCC[C@H]1C(=O)C(=O)[C@H](O)[C@@H](O)[C@H](O)[C@H](O)CO. The van der Waals surface area contributed by atoms with E-state index in [0.29, 0.717) is 19.4 Å². The second-order valence-electron chi connectivity index (χ2n) is 4.47. The first-order valence-electron chi connectivity index (χ1n) is 6.42. The third-order valence-corrected chi connectivity index (χ3v) is 3.05. The summed E-state index contributed by atoms with van der Waals surface area (Å²) in [6.07, 6.45) is -7.16. The minimum Gasteiger partial charge on any atom is -0.394 e. The average Bonchev–Trinajstić information content (AvgIpc) is 2.88. The molecule has 0 aromatic carbocycles. The molecule has 0 aromatic rings. The molecule has 0 saturated carbocycles. The van der Waals surface area contributed by atoms with Crippen LogP contribution in [0.25, 0.3) is 0 Å². The predicted octanol–water partition coefficient (Wildman–Crippen LogP) is -3.69. The van der Waals surface area contributed by atoms with Gasteiger partial charge in [-0.3, -0.25) is 9.59 Å². The van der Waals surface area contributed by atoms with E-state index in [0.717, 1.165) is 5.31 Å². The molecule has 0 radical (unpaired) electrons. The Labute approximate surface area is 111 Å². The van der Waals surface area contributed by atoms with E-state index >= 15 is 0 Å². The topological polar surface area (TPSA) is 147 Å². The van der Waals surface area contributed by atoms with Crippen molar-refractivity contribution in [2.75, 3.05) is 13.2 Å². The molecule has 6 N–H and O–H groups in total. The third-order valence-electron chi connectivity index (χ3n) is 3.05. The summed E-state index contributed by atoms with van der Waals surface area (Å²) >= 11 is 0. The summed E-state index contributed by atoms with van der Waals surface area (Å²) in [7, 11) is 0. The molecule has 5 atom stereocenters. The number of Topliss-reactive ketones (excluding diaryl/α,β-unsaturated/α-hetero) is 2. The van der Waals surface area contributed by atoms with Crippen molar-refractivity contribution < 1.29 is 36.5 Å². The van der Waals surface area contributed by atoms with Crippen LogP contribution in [0.5, 0.6) is 0 Å². The molecule has 1 saturated heterocycles. The summed E-state index contributed by atoms with van der Waals surface area (Å²) in [5.41, 5.74) is 0. The van der Waals surface area contributed by atoms with E-state index in [2.05, 4.69) is 0 Å². The summed E-state index contributed by atoms with van der Waals surface area (Å²) in [6.45, 7) is -0.551. The molecule has 1 fully saturated rings. The average molecular weight is 278 g/mol. The van der Waals surface area contributed by atoms with Gasteiger partial charge < -0.3 is 30.8 Å². The summed E-state index contributed by atoms with van der Waals surface area (Å²) in [5, 5.41) is 47.1. The lowest BCUT2D eigenvalue weighted by Gasteiger charge is -2.24. The highest BCUT2D eigenvalue weighted by Crippen LogP contribution is 2.11. The maximum atomic E-state index is 11.8. The van der Waals surface area contributed by atoms with Gasteiger partial charge in [0.25, 0.3) is 0 Å². The zero-order valence-electron chi connectivity index (χ0n) is 11.2. The van der Waals surface area contributed by atoms with Crippen LogP contribution in [0, 0.1) is 0 Å². The zero-order valence-corrected chi connectivity index (χ0v) is 10.2. The molecular formula is C11H19NO7. The van der Waals surface area contributed by atoms with Crippen molar-refractivity contribution in [1.82, 2.24) is 5.31 Å². The third kappa shape index (κ3) is 3.78. The van der Waals surface area contributed by atoms with Crippen LogP contribution in [0.2, 0.25) is 1.41 Å². The molecule has 1 heterocycles. The quantitative estimate of drug-likeness (QED) is 0.261. The van der Waals surface area contributed by atoms with Crippen LogP contribution in [-0.2, 0) is 9.59 Å². The van der Waals surface area contributed by atoms with Crippen molar-refractivity contribution in [2.45, 2.75) is 43.3 Å². The summed E-state index contributed by atoms with van der Waals surface area (Å²) < 4.78 is 7.44. The highest BCUT2D eigenvalue weighted by molar-refractivity contribution is 6.40. The van der Waals surface area contributed by atoms with Gasteiger partial charge in [0.05, 0.1) is 12.6 Å². The van der Waals surface area contributed by atoms with Gasteiger partial charge in [-0.1, -0.05) is 0 Å². The molecule has 0 amide bonds. The minimum absolute atomic E-state index is 0.304. The number of aliphatic hydroxyl groups excluding tert-OH is 5. The number of carbonyl (C=O) groups excluding carboxylic acids is 2. The van der Waals surface area contributed by atoms with Crippen molar-refractivity contribution in [3.05, 3.63) is 0 Å². The molecule has 1 rings (SSSR count). The molecule has 8 heteroatoms. The molecule has 19 heavy (non-hydrogen) atoms. The summed E-state index contributed by atoms with van der Waals surface area (Å²) in [6, 6.07) is -0.968. The van der Waals surface area contributed by atoms with Crippen molar-refractivity contribution in [3.8, 4) is 0 Å². The van der Waals surface area contributed by atoms with E-state index in [9.17, 15) is 24.9 Å². The number of nitrogens with one attached hydrogen (secondary N) is 1. The standard InChI is InChI=1S/C11H19NO7/c13-4-6(14)8(16)10(18)11(19)9(17)7(15)5-2-1-3-12-5/h5-6,8,10-14,16,18-19H,1-4H2/t5-,6+,8+,10-,11-/m0/s1/i/hD. The number of carbonyl (C=O) groups is 2. The molecule has 0 aromatic heterocycles. The van der Waals surface area contributed by atoms with Gasteiger partial charge in [-0.15, -0.1) is 0 Å². The molecule has 0 unspecified atom stereocenters. The Balaban J connectivity index is 2.68. The first-order chi connectivity index (χ1) is 9.31. The Morgan fingerprint density at radius 3 is 2.37 bits per heavy atom. The highest BCUT2D eigenvalue weighted by Gasteiger charge is 2.39. The lowest BCUT2D eigenvalue weighted by atomic mass is 9.95. The lowest BCUT2D eigenvalue weighted by molar-refractivity contribution is -0.154. The molecule has 0 aliphatic carbocycles. The second kappa shape index (κ2) is 7.04. The van der Waals surface area contributed by atoms with E-state index in [4.69, 9.17) is 11.6 Å². The maximum Gasteiger partial charge on any atom is 0.231 e. The van der Waals surface area contributed by atoms with Crippen molar-refractivity contribution in [2.24, 2.45) is 0 Å². The number of aliphatic hydroxyl groups is 5. The van der Waals surface area contributed by atoms with E-state index < -0.39 is 48.6 Å². The largest absolute Gasteiger partial charge is 0.394 e. The first kappa shape index (κ1) is 14.5. The fourth-order valence-electron chi connectivity index (χ4n) is 1.82. The van der Waals surface area contributed by atoms with E-state index in [-0.39, 0.29) is 0 Å². The van der Waals surface area contributed by atoms with Gasteiger partial charge in [0, 0.05) is 0 Å². The molecule has 0 spiro atoms. The van der Waals surface area contributed by atoms with Gasteiger partial charge in [-0.25, -0.2) is 0 Å². The summed E-state index contributed by atoms with van der Waals surface area (Å²) in [4.78, 5) is 23.5. The van der Waals surface area contributed by atoms with Crippen LogP contribution in [0.3, 0.4) is 0 Å². The Bertz CT molecular complexity index is 367. The lowest BCUT2D eigenvalue weighted by Crippen LogP contribution is -2.52. The Kier molecular flexibility index (Phi) is 5.37. The minimum atomic E-state index is -2.22. The van der Waals surface area contributed by atoms with Gasteiger partial charge in [0.15, 0.2) is 0 Å². The van der Waals surface area contributed by atoms with Crippen LogP contribution < -0.4 is 5.31 Å². The van der Waals surface area contributed by atoms with Crippen LogP contribution in [-0.4, -0.2) is 80.7 Å². The maximum absolute atomic E-state index is 11.8. The Morgan fingerprint density at radius 1 is 1.26 bits per heavy atom. The number of hydrogen-bond donors (Lipinski definition) is 6. The number of hydrogen-bond acceptors (Lipinski definition) is 8. The van der Waals surface area contributed by atoms with E-state index in [1.54, 1.807) is 0 Å². The van der Waals surface area contributed by atoms with Crippen molar-refractivity contribution in [1.29, 1.82) is 0 Å². The van der Waals surface area contributed by atoms with Gasteiger partial charge in [-0.2, -0.15) is 0 Å². The molecule has 1 aliphatic rings. The zero-order chi connectivity index (χ0) is 15.4. The van der Waals surface area contributed by atoms with Gasteiger partial charge >= 0.3 is 0 Å². The van der Waals surface area contributed by atoms with Crippen molar-refractivity contribution in [3.63, 3.8) is 0 Å². The Morgan fingerprint density at radius 2 is 1.89 bits per heavy atom. The van der Waals surface area contributed by atoms with Crippen molar-refractivity contribution >= 4 is 11.6 Å². The highest BCUT2D eigenvalue weighted by atomic mass is 16.4. The molecule has 1 aliphatic heterocycles. The van der Waals surface area contributed by atoms with Crippen LogP contribution in [0.15, 0.2) is 0 Å². The van der Waals surface area contributed by atoms with E-state index in [1.807, 2.05) is 0 Å². The Hall–Kier alpha value is -0.900. The fraction of sp³-hybridized carbons (Fsp3) is 0.818. The monoisotopic (exact) mass is 278 g/mol. The predicted molar refractivity (Wildman–Crippen MR) is 62.2 cm³/mol. The molecule has 0 bridgehead atoms. The van der Waals surface area contributed by atoms with Gasteiger partial charge in [0.2, 0.25) is 11.6 Å². The number of rotatable bonds is 7. The first-order valence-corrected chi connectivity index (χ1v) is 5.98. The van der Waals surface area contributed by atoms with Crippen LogP contribution in [0.1, 0.15) is 12.8 Å². The number of ketones is 2. The normalized spacial score (nSPS) is 27.4. The summed E-state index contributed by atoms with van der Waals surface area (Å²) in [5.74, 6) is -2.35. The van der Waals surface area contributed by atoms with Crippen LogP contribution in [0.4, 0.5) is 0 Å².